The lowest BCUT2D eigenvalue weighted by molar-refractivity contribution is -0.102. The number of aliphatic hydroxyl groups is 2. The minimum absolute atomic E-state index is 0.147. The van der Waals surface area contributed by atoms with E-state index in [0.29, 0.717) is 29.7 Å². The van der Waals surface area contributed by atoms with Crippen molar-refractivity contribution in [2.75, 3.05) is 31.7 Å². The molecular weight excluding hydrogens is 388 g/mol. The van der Waals surface area contributed by atoms with Gasteiger partial charge in [0.05, 0.1) is 35.9 Å². The average Bonchev–Trinajstić information content (AvgIpc) is 3.56. The van der Waals surface area contributed by atoms with Crippen LogP contribution >= 0.6 is 0 Å². The van der Waals surface area contributed by atoms with E-state index < -0.39 is 17.0 Å². The number of fused-ring (bicyclic) bond motifs is 1. The van der Waals surface area contributed by atoms with E-state index in [1.165, 1.54) is 6.20 Å². The van der Waals surface area contributed by atoms with E-state index >= 15 is 0 Å². The monoisotopic (exact) mass is 416 g/mol. The van der Waals surface area contributed by atoms with Gasteiger partial charge in [-0.25, -0.2) is 4.79 Å². The lowest BCUT2D eigenvalue weighted by Crippen LogP contribution is -2.58. The number of aromatic nitrogens is 1. The number of aliphatic hydroxyl groups excluding tert-OH is 1. The number of aromatic carboxylic acids is 1. The lowest BCUT2D eigenvalue weighted by atomic mass is 9.75. The first-order valence-electron chi connectivity index (χ1n) is 10.3. The molecule has 162 valence electrons. The summed E-state index contributed by atoms with van der Waals surface area (Å²) in [5.41, 5.74) is -0.504. The maximum atomic E-state index is 12.8. The number of hydrogen-bond acceptors (Lipinski definition) is 6. The van der Waals surface area contributed by atoms with Crippen LogP contribution in [0.15, 0.2) is 23.1 Å². The molecule has 2 unspecified atom stereocenters. The number of methoxy groups -OCH3 is 1. The van der Waals surface area contributed by atoms with Crippen LogP contribution in [0.25, 0.3) is 10.9 Å². The summed E-state index contributed by atoms with van der Waals surface area (Å²) in [6.45, 7) is 4.56. The van der Waals surface area contributed by atoms with Crippen molar-refractivity contribution >= 4 is 22.6 Å². The number of nitrogens with zero attached hydrogens (tertiary/aromatic N) is 2. The highest BCUT2D eigenvalue weighted by atomic mass is 16.5. The Bertz CT molecular complexity index is 1050. The van der Waals surface area contributed by atoms with Crippen LogP contribution in [-0.4, -0.2) is 58.3 Å². The van der Waals surface area contributed by atoms with E-state index in [1.807, 2.05) is 18.4 Å². The van der Waals surface area contributed by atoms with Crippen LogP contribution in [0.3, 0.4) is 0 Å². The Kier molecular flexibility index (Phi) is 5.02. The molecule has 2 aliphatic rings. The van der Waals surface area contributed by atoms with Crippen molar-refractivity contribution in [2.24, 2.45) is 11.8 Å². The van der Waals surface area contributed by atoms with Gasteiger partial charge < -0.3 is 29.5 Å². The van der Waals surface area contributed by atoms with Crippen molar-refractivity contribution in [3.05, 3.63) is 34.1 Å². The second-order valence-corrected chi connectivity index (χ2v) is 8.69. The van der Waals surface area contributed by atoms with E-state index in [9.17, 15) is 24.9 Å². The molecule has 1 aromatic carbocycles. The van der Waals surface area contributed by atoms with Gasteiger partial charge in [0.15, 0.2) is 5.75 Å². The van der Waals surface area contributed by atoms with Gasteiger partial charge in [0.1, 0.15) is 5.56 Å². The minimum Gasteiger partial charge on any atom is -0.492 e. The van der Waals surface area contributed by atoms with Crippen LogP contribution in [-0.2, 0) is 0 Å². The van der Waals surface area contributed by atoms with Crippen molar-refractivity contribution in [1.82, 2.24) is 4.57 Å². The molecule has 30 heavy (non-hydrogen) atoms. The molecule has 3 N–H and O–H groups in total. The smallest absolute Gasteiger partial charge is 0.341 e. The second kappa shape index (κ2) is 7.28. The summed E-state index contributed by atoms with van der Waals surface area (Å²) in [7, 11) is 1.55. The van der Waals surface area contributed by atoms with Crippen LogP contribution in [0.5, 0.6) is 5.75 Å². The minimum atomic E-state index is -1.23. The maximum Gasteiger partial charge on any atom is 0.341 e. The van der Waals surface area contributed by atoms with E-state index in [0.717, 1.165) is 18.5 Å². The summed E-state index contributed by atoms with van der Waals surface area (Å²) in [4.78, 5) is 26.5. The Balaban J connectivity index is 1.89. The Morgan fingerprint density at radius 2 is 1.87 bits per heavy atom. The van der Waals surface area contributed by atoms with Gasteiger partial charge in [-0.15, -0.1) is 0 Å². The Morgan fingerprint density at radius 3 is 2.37 bits per heavy atom. The largest absolute Gasteiger partial charge is 0.492 e. The highest BCUT2D eigenvalue weighted by Gasteiger charge is 2.44. The van der Waals surface area contributed by atoms with Crippen molar-refractivity contribution in [1.29, 1.82) is 0 Å². The molecule has 2 fully saturated rings. The van der Waals surface area contributed by atoms with E-state index in [-0.39, 0.29) is 30.0 Å². The molecule has 1 aliphatic carbocycles. The number of anilines is 1. The van der Waals surface area contributed by atoms with Crippen LogP contribution in [0.1, 0.15) is 43.1 Å². The van der Waals surface area contributed by atoms with Crippen LogP contribution in [0, 0.1) is 11.8 Å². The van der Waals surface area contributed by atoms with Crippen molar-refractivity contribution in [3.8, 4) is 5.75 Å². The Morgan fingerprint density at radius 1 is 1.23 bits per heavy atom. The first-order chi connectivity index (χ1) is 14.2. The molecule has 0 radical (unpaired) electrons. The van der Waals surface area contributed by atoms with Gasteiger partial charge >= 0.3 is 5.97 Å². The van der Waals surface area contributed by atoms with Gasteiger partial charge in [-0.1, -0.05) is 13.8 Å². The third kappa shape index (κ3) is 3.06. The molecule has 1 aliphatic heterocycles. The summed E-state index contributed by atoms with van der Waals surface area (Å²) in [6.07, 6.45) is 3.28. The zero-order valence-corrected chi connectivity index (χ0v) is 17.5. The van der Waals surface area contributed by atoms with E-state index in [1.54, 1.807) is 19.2 Å². The van der Waals surface area contributed by atoms with Crippen LogP contribution in [0.4, 0.5) is 5.69 Å². The molecular formula is C22H28N2O6. The zero-order chi connectivity index (χ0) is 21.8. The summed E-state index contributed by atoms with van der Waals surface area (Å²) in [5.74, 6) is -1.05. The topological polar surface area (TPSA) is 112 Å². The van der Waals surface area contributed by atoms with E-state index in [2.05, 4.69) is 4.90 Å². The zero-order valence-electron chi connectivity index (χ0n) is 17.5. The Labute approximate surface area is 174 Å². The maximum absolute atomic E-state index is 12.8. The molecule has 2 heterocycles. The van der Waals surface area contributed by atoms with Gasteiger partial charge in [-0.3, -0.25) is 4.79 Å². The number of carboxylic acids is 1. The molecule has 2 aromatic rings. The fraction of sp³-hybridized carbons (Fsp3) is 0.545. The fourth-order valence-electron chi connectivity index (χ4n) is 4.70. The first kappa shape index (κ1) is 20.7. The lowest BCUT2D eigenvalue weighted by Gasteiger charge is -2.47. The number of piperidine rings is 1. The van der Waals surface area contributed by atoms with Crippen LogP contribution in [0.2, 0.25) is 0 Å². The number of carboxylic acid groups (broad SMARTS) is 1. The molecule has 8 heteroatoms. The highest BCUT2D eigenvalue weighted by Crippen LogP contribution is 2.44. The van der Waals surface area contributed by atoms with Gasteiger partial charge in [0.25, 0.3) is 0 Å². The van der Waals surface area contributed by atoms with Gasteiger partial charge in [0, 0.05) is 37.2 Å². The summed E-state index contributed by atoms with van der Waals surface area (Å²) >= 11 is 0. The predicted octanol–water partition coefficient (Wildman–Crippen LogP) is 1.86. The van der Waals surface area contributed by atoms with Crippen LogP contribution < -0.4 is 15.1 Å². The predicted molar refractivity (Wildman–Crippen MR) is 113 cm³/mol. The quantitative estimate of drug-likeness (QED) is 0.682. The average molecular weight is 416 g/mol. The summed E-state index contributed by atoms with van der Waals surface area (Å²) < 4.78 is 7.64. The van der Waals surface area contributed by atoms with E-state index in [4.69, 9.17) is 4.74 Å². The standard InChI is InChI=1S/C22H28N2O6/c1-12-8-23(9-13(2)22(12,29)11-25)17-7-6-15-18(20(17)30-3)24(14-4-5-14)10-16(19(15)26)21(27)28/h6-7,10,12-14,25,29H,4-5,8-9,11H2,1-3H3,(H,27,28). The number of carbonyl (C=O) groups is 1. The molecule has 0 spiro atoms. The third-order valence-electron chi connectivity index (χ3n) is 6.79. The van der Waals surface area contributed by atoms with Crippen molar-refractivity contribution in [3.63, 3.8) is 0 Å². The van der Waals surface area contributed by atoms with Crippen molar-refractivity contribution < 1.29 is 24.9 Å². The molecule has 8 nitrogen and oxygen atoms in total. The molecule has 1 aromatic heterocycles. The fourth-order valence-corrected chi connectivity index (χ4v) is 4.70. The normalized spacial score (nSPS) is 26.8. The summed E-state index contributed by atoms with van der Waals surface area (Å²) in [6, 6.07) is 3.60. The Hall–Kier alpha value is -2.58. The SMILES string of the molecule is COc1c(N2CC(C)C(O)(CO)C(C)C2)ccc2c(=O)c(C(=O)O)cn(C3CC3)c12. The van der Waals surface area contributed by atoms with Gasteiger partial charge in [-0.05, 0) is 25.0 Å². The number of rotatable bonds is 5. The highest BCUT2D eigenvalue weighted by molar-refractivity contribution is 5.97. The van der Waals surface area contributed by atoms with Gasteiger partial charge in [0.2, 0.25) is 5.43 Å². The van der Waals surface area contributed by atoms with Crippen molar-refractivity contribution in [2.45, 2.75) is 38.3 Å². The molecule has 0 amide bonds. The molecule has 2 atom stereocenters. The number of hydrogen-bond donors (Lipinski definition) is 3. The second-order valence-electron chi connectivity index (χ2n) is 8.69. The molecule has 1 saturated carbocycles. The number of ether oxygens (including phenoxy) is 1. The molecule has 0 bridgehead atoms. The third-order valence-corrected chi connectivity index (χ3v) is 6.79. The number of pyridine rings is 1. The number of benzene rings is 1. The molecule has 4 rings (SSSR count). The summed E-state index contributed by atoms with van der Waals surface area (Å²) in [5, 5.41) is 30.3. The molecule has 1 saturated heterocycles. The van der Waals surface area contributed by atoms with Gasteiger partial charge in [-0.2, -0.15) is 0 Å². The first-order valence-corrected chi connectivity index (χ1v) is 10.3.